The number of hydrogen-bond donors (Lipinski definition) is 2. The Labute approximate surface area is 82.5 Å². The Morgan fingerprint density at radius 1 is 1.71 bits per heavy atom. The van der Waals surface area contributed by atoms with Gasteiger partial charge in [-0.1, -0.05) is 12.7 Å². The minimum atomic E-state index is -0.862. The van der Waals surface area contributed by atoms with Crippen LogP contribution >= 0.6 is 0 Å². The van der Waals surface area contributed by atoms with Gasteiger partial charge in [-0.25, -0.2) is 0 Å². The van der Waals surface area contributed by atoms with Crippen LogP contribution in [-0.2, 0) is 4.79 Å². The largest absolute Gasteiger partial charge is 0.512 e. The summed E-state index contributed by atoms with van der Waals surface area (Å²) in [5, 5.41) is 18.5. The highest BCUT2D eigenvalue weighted by molar-refractivity contribution is 5.90. The van der Waals surface area contributed by atoms with E-state index < -0.39 is 6.23 Å². The summed E-state index contributed by atoms with van der Waals surface area (Å²) >= 11 is 0. The second-order valence-electron chi connectivity index (χ2n) is 2.95. The Balaban J connectivity index is 2.42. The predicted octanol–water partition coefficient (Wildman–Crippen LogP) is 0.721. The van der Waals surface area contributed by atoms with Gasteiger partial charge in [0.05, 0.1) is 5.76 Å². The van der Waals surface area contributed by atoms with Gasteiger partial charge in [-0.05, 0) is 12.2 Å². The van der Waals surface area contributed by atoms with Crippen molar-refractivity contribution < 1.29 is 15.0 Å². The van der Waals surface area contributed by atoms with Gasteiger partial charge in [0.1, 0.15) is 6.23 Å². The van der Waals surface area contributed by atoms with E-state index in [1.165, 1.54) is 29.2 Å². The number of nitrogens with zero attached hydrogens (tertiary/aromatic N) is 1. The molecule has 4 heteroatoms. The molecule has 1 heterocycles. The van der Waals surface area contributed by atoms with Crippen molar-refractivity contribution >= 4 is 5.91 Å². The lowest BCUT2D eigenvalue weighted by Gasteiger charge is -2.19. The van der Waals surface area contributed by atoms with Crippen molar-refractivity contribution in [3.63, 3.8) is 0 Å². The molecular formula is C10H13NO3. The molecule has 1 unspecified atom stereocenters. The van der Waals surface area contributed by atoms with Crippen molar-refractivity contribution in [2.24, 2.45) is 0 Å². The molecule has 0 aliphatic carbocycles. The molecule has 0 bridgehead atoms. The van der Waals surface area contributed by atoms with Crippen LogP contribution in [-0.4, -0.2) is 33.8 Å². The number of allylic oxidation sites excluding steroid dienone is 2. The highest BCUT2D eigenvalue weighted by Crippen LogP contribution is 2.10. The maximum atomic E-state index is 11.1. The maximum absolute atomic E-state index is 11.1. The van der Waals surface area contributed by atoms with E-state index >= 15 is 0 Å². The predicted molar refractivity (Wildman–Crippen MR) is 52.4 cm³/mol. The van der Waals surface area contributed by atoms with Gasteiger partial charge in [0.15, 0.2) is 0 Å². The summed E-state index contributed by atoms with van der Waals surface area (Å²) in [6.45, 7) is 3.73. The van der Waals surface area contributed by atoms with Crippen LogP contribution in [0.2, 0.25) is 0 Å². The number of aliphatic hydroxyl groups is 2. The van der Waals surface area contributed by atoms with Crippen LogP contribution in [0.25, 0.3) is 0 Å². The van der Waals surface area contributed by atoms with Crippen LogP contribution in [0.1, 0.15) is 6.42 Å². The van der Waals surface area contributed by atoms with E-state index in [0.29, 0.717) is 13.0 Å². The molecule has 0 aromatic rings. The molecule has 1 aliphatic heterocycles. The van der Waals surface area contributed by atoms with E-state index in [0.717, 1.165) is 0 Å². The minimum Gasteiger partial charge on any atom is -0.512 e. The molecule has 0 aromatic carbocycles. The van der Waals surface area contributed by atoms with Crippen LogP contribution < -0.4 is 0 Å². The van der Waals surface area contributed by atoms with E-state index in [9.17, 15) is 15.0 Å². The van der Waals surface area contributed by atoms with E-state index in [1.807, 2.05) is 0 Å². The molecule has 1 rings (SSSR count). The quantitative estimate of drug-likeness (QED) is 0.513. The first-order valence-corrected chi connectivity index (χ1v) is 4.32. The fraction of sp³-hybridized carbons (Fsp3) is 0.300. The molecule has 0 aromatic heterocycles. The van der Waals surface area contributed by atoms with Gasteiger partial charge in [0.25, 0.3) is 0 Å². The Bertz CT molecular complexity index is 294. The average Bonchev–Trinajstić information content (AvgIpc) is 2.44. The normalized spacial score (nSPS) is 21.8. The monoisotopic (exact) mass is 195 g/mol. The summed E-state index contributed by atoms with van der Waals surface area (Å²) in [4.78, 5) is 12.4. The summed E-state index contributed by atoms with van der Waals surface area (Å²) in [7, 11) is 0. The lowest BCUT2D eigenvalue weighted by atomic mass is 10.3. The van der Waals surface area contributed by atoms with Gasteiger partial charge >= 0.3 is 0 Å². The van der Waals surface area contributed by atoms with Crippen molar-refractivity contribution in [1.29, 1.82) is 0 Å². The van der Waals surface area contributed by atoms with Crippen LogP contribution in [0.3, 0.4) is 0 Å². The Morgan fingerprint density at radius 2 is 2.43 bits per heavy atom. The molecule has 2 N–H and O–H groups in total. The van der Waals surface area contributed by atoms with E-state index in [4.69, 9.17) is 0 Å². The zero-order valence-corrected chi connectivity index (χ0v) is 7.76. The lowest BCUT2D eigenvalue weighted by Crippen LogP contribution is -2.34. The van der Waals surface area contributed by atoms with Crippen molar-refractivity contribution in [2.75, 3.05) is 6.54 Å². The third-order valence-corrected chi connectivity index (χ3v) is 1.93. The van der Waals surface area contributed by atoms with Crippen molar-refractivity contribution in [2.45, 2.75) is 12.6 Å². The molecule has 14 heavy (non-hydrogen) atoms. The van der Waals surface area contributed by atoms with Crippen LogP contribution in [0, 0.1) is 0 Å². The summed E-state index contributed by atoms with van der Waals surface area (Å²) in [6, 6.07) is 0. The third-order valence-electron chi connectivity index (χ3n) is 1.93. The second kappa shape index (κ2) is 4.62. The molecule has 0 spiro atoms. The highest BCUT2D eigenvalue weighted by Gasteiger charge is 2.22. The molecule has 0 saturated heterocycles. The Kier molecular flexibility index (Phi) is 3.48. The SMILES string of the molecule is C=C/C=C(/O)CCN1C(=O)C=CC1O. The molecule has 0 radical (unpaired) electrons. The van der Waals surface area contributed by atoms with Gasteiger partial charge < -0.3 is 15.1 Å². The second-order valence-corrected chi connectivity index (χ2v) is 2.95. The lowest BCUT2D eigenvalue weighted by molar-refractivity contribution is -0.130. The number of hydrogen-bond acceptors (Lipinski definition) is 3. The Hall–Kier alpha value is -1.55. The molecule has 4 nitrogen and oxygen atoms in total. The third kappa shape index (κ3) is 2.47. The first-order chi connectivity index (χ1) is 6.65. The summed E-state index contributed by atoms with van der Waals surface area (Å²) in [5.41, 5.74) is 0. The molecule has 1 aliphatic rings. The minimum absolute atomic E-state index is 0.145. The van der Waals surface area contributed by atoms with Crippen molar-refractivity contribution in [3.8, 4) is 0 Å². The molecule has 0 saturated carbocycles. The van der Waals surface area contributed by atoms with E-state index in [2.05, 4.69) is 6.58 Å². The first-order valence-electron chi connectivity index (χ1n) is 4.32. The van der Waals surface area contributed by atoms with E-state index in [1.54, 1.807) is 0 Å². The van der Waals surface area contributed by atoms with E-state index in [-0.39, 0.29) is 11.7 Å². The molecule has 1 amide bonds. The zero-order chi connectivity index (χ0) is 10.6. The van der Waals surface area contributed by atoms with Crippen LogP contribution in [0.4, 0.5) is 0 Å². The number of carbonyl (C=O) groups is 1. The highest BCUT2D eigenvalue weighted by atomic mass is 16.3. The summed E-state index contributed by atoms with van der Waals surface area (Å²) in [6.07, 6.45) is 5.11. The Morgan fingerprint density at radius 3 is 2.93 bits per heavy atom. The number of rotatable bonds is 4. The number of amides is 1. The first kappa shape index (κ1) is 10.5. The summed E-state index contributed by atoms with van der Waals surface area (Å²) in [5.74, 6) is -0.0872. The number of aliphatic hydroxyl groups excluding tert-OH is 2. The van der Waals surface area contributed by atoms with Crippen molar-refractivity contribution in [1.82, 2.24) is 4.90 Å². The molecule has 76 valence electrons. The summed E-state index contributed by atoms with van der Waals surface area (Å²) < 4.78 is 0. The maximum Gasteiger partial charge on any atom is 0.248 e. The topological polar surface area (TPSA) is 60.8 Å². The van der Waals surface area contributed by atoms with Crippen molar-refractivity contribution in [3.05, 3.63) is 36.6 Å². The standard InChI is InChI=1S/C10H13NO3/c1-2-3-8(12)6-7-11-9(13)4-5-10(11)14/h2-5,9,12-13H,1,6-7H2/b8-3+. The smallest absolute Gasteiger partial charge is 0.248 e. The number of carbonyl (C=O) groups excluding carboxylic acids is 1. The van der Waals surface area contributed by atoms with Crippen LogP contribution in [0.15, 0.2) is 36.6 Å². The van der Waals surface area contributed by atoms with Gasteiger partial charge in [-0.15, -0.1) is 0 Å². The van der Waals surface area contributed by atoms with Gasteiger partial charge in [-0.3, -0.25) is 4.79 Å². The average molecular weight is 195 g/mol. The molecule has 1 atom stereocenters. The zero-order valence-electron chi connectivity index (χ0n) is 7.76. The van der Waals surface area contributed by atoms with Crippen LogP contribution in [0.5, 0.6) is 0 Å². The fourth-order valence-electron chi connectivity index (χ4n) is 1.20. The van der Waals surface area contributed by atoms with Gasteiger partial charge in [0, 0.05) is 19.0 Å². The molecular weight excluding hydrogens is 182 g/mol. The molecule has 0 fully saturated rings. The van der Waals surface area contributed by atoms with Gasteiger partial charge in [-0.2, -0.15) is 0 Å². The van der Waals surface area contributed by atoms with Gasteiger partial charge in [0.2, 0.25) is 5.91 Å². The fourth-order valence-corrected chi connectivity index (χ4v) is 1.20.